The Labute approximate surface area is 219 Å². The van der Waals surface area contributed by atoms with Crippen LogP contribution in [0.25, 0.3) is 5.76 Å². The molecule has 0 aliphatic carbocycles. The second-order valence-electron chi connectivity index (χ2n) is 10.2. The van der Waals surface area contributed by atoms with Crippen molar-refractivity contribution in [3.8, 4) is 5.75 Å². The number of hydrogen-bond acceptors (Lipinski definition) is 4. The molecule has 8 heteroatoms. The highest BCUT2D eigenvalue weighted by molar-refractivity contribution is 6.51. The van der Waals surface area contributed by atoms with Gasteiger partial charge in [-0.2, -0.15) is 13.2 Å². The van der Waals surface area contributed by atoms with Gasteiger partial charge in [0.05, 0.1) is 29.9 Å². The minimum atomic E-state index is -4.56. The topological polar surface area (TPSA) is 66.8 Å². The van der Waals surface area contributed by atoms with Crippen LogP contribution in [0.15, 0.2) is 72.3 Å². The molecule has 1 aliphatic rings. The average molecular weight is 524 g/mol. The van der Waals surface area contributed by atoms with Gasteiger partial charge in [-0.1, -0.05) is 51.1 Å². The lowest BCUT2D eigenvalue weighted by atomic mass is 9.85. The quantitative estimate of drug-likeness (QED) is 0.228. The molecule has 5 nitrogen and oxygen atoms in total. The lowest BCUT2D eigenvalue weighted by Gasteiger charge is -2.27. The maximum absolute atomic E-state index is 13.5. The molecule has 38 heavy (non-hydrogen) atoms. The third-order valence-electron chi connectivity index (χ3n) is 6.72. The van der Waals surface area contributed by atoms with Crippen molar-refractivity contribution in [2.24, 2.45) is 0 Å². The summed E-state index contributed by atoms with van der Waals surface area (Å²) >= 11 is 0. The molecule has 3 aromatic carbocycles. The molecule has 1 amide bonds. The van der Waals surface area contributed by atoms with E-state index in [0.717, 1.165) is 40.3 Å². The fourth-order valence-electron chi connectivity index (χ4n) is 4.60. The zero-order chi connectivity index (χ0) is 28.0. The molecule has 3 aromatic rings. The van der Waals surface area contributed by atoms with Gasteiger partial charge in [0.2, 0.25) is 0 Å². The number of aryl methyl sites for hydroxylation is 1. The summed E-state index contributed by atoms with van der Waals surface area (Å²) in [6.07, 6.45) is -4.56. The van der Waals surface area contributed by atoms with E-state index in [4.69, 9.17) is 4.74 Å². The molecule has 0 spiro atoms. The van der Waals surface area contributed by atoms with E-state index in [1.54, 1.807) is 43.3 Å². The number of ketones is 1. The Balaban J connectivity index is 1.98. The highest BCUT2D eigenvalue weighted by Gasteiger charge is 2.48. The van der Waals surface area contributed by atoms with E-state index in [9.17, 15) is 27.9 Å². The lowest BCUT2D eigenvalue weighted by Crippen LogP contribution is -2.29. The maximum Gasteiger partial charge on any atom is 0.416 e. The summed E-state index contributed by atoms with van der Waals surface area (Å²) in [6.45, 7) is 7.78. The summed E-state index contributed by atoms with van der Waals surface area (Å²) in [5.74, 6) is -2.02. The molecule has 1 fully saturated rings. The second-order valence-corrected chi connectivity index (χ2v) is 10.2. The number of alkyl halides is 3. The van der Waals surface area contributed by atoms with Gasteiger partial charge in [-0.15, -0.1) is 0 Å². The van der Waals surface area contributed by atoms with Crippen LogP contribution in [0.5, 0.6) is 5.75 Å². The van der Waals surface area contributed by atoms with E-state index in [-0.39, 0.29) is 22.2 Å². The van der Waals surface area contributed by atoms with Gasteiger partial charge in [0.1, 0.15) is 11.5 Å². The number of anilines is 1. The number of amides is 1. The summed E-state index contributed by atoms with van der Waals surface area (Å²) in [5.41, 5.74) is 1.15. The number of methoxy groups -OCH3 is 1. The first-order valence-electron chi connectivity index (χ1n) is 12.0. The first kappa shape index (κ1) is 27.0. The number of hydrogen-bond donors (Lipinski definition) is 1. The lowest BCUT2D eigenvalue weighted by molar-refractivity contribution is -0.137. The minimum Gasteiger partial charge on any atom is -0.507 e. The smallest absolute Gasteiger partial charge is 0.416 e. The van der Waals surface area contributed by atoms with Gasteiger partial charge >= 0.3 is 6.18 Å². The Morgan fingerprint density at radius 1 is 0.921 bits per heavy atom. The summed E-state index contributed by atoms with van der Waals surface area (Å²) in [7, 11) is 1.43. The van der Waals surface area contributed by atoms with E-state index in [1.165, 1.54) is 7.11 Å². The number of nitrogens with zero attached hydrogens (tertiary/aromatic N) is 1. The molecule has 1 aliphatic heterocycles. The number of aliphatic hydroxyl groups is 1. The maximum atomic E-state index is 13.5. The number of halogens is 3. The zero-order valence-corrected chi connectivity index (χ0v) is 21.7. The van der Waals surface area contributed by atoms with Gasteiger partial charge in [-0.25, -0.2) is 0 Å². The van der Waals surface area contributed by atoms with Crippen LogP contribution >= 0.6 is 0 Å². The molecule has 1 saturated heterocycles. The molecule has 0 aromatic heterocycles. The standard InChI is InChI=1S/C30H28F3NO4/c1-17-8-6-7-9-21(17)25-24(26(35)22-16-19(29(2,3)4)12-15-23(22)38-5)27(36)28(37)34(25)20-13-10-18(11-14-20)30(31,32)33/h6-16,25,35H,1-5H3/b26-24+. The Morgan fingerprint density at radius 3 is 2.08 bits per heavy atom. The predicted octanol–water partition coefficient (Wildman–Crippen LogP) is 6.95. The van der Waals surface area contributed by atoms with Crippen LogP contribution in [-0.4, -0.2) is 23.9 Å². The average Bonchev–Trinajstić information content (AvgIpc) is 3.12. The van der Waals surface area contributed by atoms with Crippen LogP contribution in [0.2, 0.25) is 0 Å². The van der Waals surface area contributed by atoms with Crippen molar-refractivity contribution < 1.29 is 32.6 Å². The predicted molar refractivity (Wildman–Crippen MR) is 139 cm³/mol. The van der Waals surface area contributed by atoms with Crippen LogP contribution in [0.1, 0.15) is 54.6 Å². The molecule has 198 valence electrons. The summed E-state index contributed by atoms with van der Waals surface area (Å²) < 4.78 is 45.0. The monoisotopic (exact) mass is 523 g/mol. The van der Waals surface area contributed by atoms with Gasteiger partial charge in [-0.3, -0.25) is 14.5 Å². The summed E-state index contributed by atoms with van der Waals surface area (Å²) in [6, 6.07) is 15.3. The largest absolute Gasteiger partial charge is 0.507 e. The van der Waals surface area contributed by atoms with Crippen molar-refractivity contribution in [1.29, 1.82) is 0 Å². The van der Waals surface area contributed by atoms with Gasteiger partial charge in [0.25, 0.3) is 11.7 Å². The fourth-order valence-corrected chi connectivity index (χ4v) is 4.60. The molecule has 0 radical (unpaired) electrons. The highest BCUT2D eigenvalue weighted by Crippen LogP contribution is 2.45. The third-order valence-corrected chi connectivity index (χ3v) is 6.72. The number of benzene rings is 3. The molecule has 0 bridgehead atoms. The first-order valence-corrected chi connectivity index (χ1v) is 12.0. The first-order chi connectivity index (χ1) is 17.8. The van der Waals surface area contributed by atoms with E-state index < -0.39 is 35.2 Å². The number of carbonyl (C=O) groups is 2. The fraction of sp³-hybridized carbons (Fsp3) is 0.267. The molecule has 1 N–H and O–H groups in total. The van der Waals surface area contributed by atoms with Gasteiger partial charge in [0.15, 0.2) is 0 Å². The number of aliphatic hydroxyl groups excluding tert-OH is 1. The Kier molecular flexibility index (Phi) is 6.86. The van der Waals surface area contributed by atoms with Crippen molar-refractivity contribution in [3.05, 3.63) is 100 Å². The second kappa shape index (κ2) is 9.67. The van der Waals surface area contributed by atoms with E-state index in [2.05, 4.69) is 0 Å². The Hall–Kier alpha value is -4.07. The van der Waals surface area contributed by atoms with Crippen molar-refractivity contribution in [2.45, 2.75) is 45.3 Å². The normalized spacial score (nSPS) is 17.7. The van der Waals surface area contributed by atoms with Crippen LogP contribution < -0.4 is 9.64 Å². The minimum absolute atomic E-state index is 0.0998. The van der Waals surface area contributed by atoms with Crippen molar-refractivity contribution in [1.82, 2.24) is 0 Å². The number of rotatable bonds is 4. The van der Waals surface area contributed by atoms with Crippen molar-refractivity contribution >= 4 is 23.1 Å². The van der Waals surface area contributed by atoms with Crippen LogP contribution in [0.4, 0.5) is 18.9 Å². The summed E-state index contributed by atoms with van der Waals surface area (Å²) in [4.78, 5) is 28.0. The van der Waals surface area contributed by atoms with Crippen molar-refractivity contribution in [2.75, 3.05) is 12.0 Å². The number of ether oxygens (including phenoxy) is 1. The SMILES string of the molecule is COc1ccc(C(C)(C)C)cc1/C(O)=C1\C(=O)C(=O)N(c2ccc(C(F)(F)F)cc2)C1c1ccccc1C. The molecular weight excluding hydrogens is 495 g/mol. The molecule has 1 heterocycles. The molecule has 1 unspecified atom stereocenters. The van der Waals surface area contributed by atoms with E-state index >= 15 is 0 Å². The highest BCUT2D eigenvalue weighted by atomic mass is 19.4. The molecule has 4 rings (SSSR count). The van der Waals surface area contributed by atoms with E-state index in [1.807, 2.05) is 26.8 Å². The summed E-state index contributed by atoms with van der Waals surface area (Å²) in [5, 5.41) is 11.6. The Morgan fingerprint density at radius 2 is 1.53 bits per heavy atom. The number of Topliss-reactive ketones (excluding diaryl/α,β-unsaturated/α-hetero) is 1. The molecule has 1 atom stereocenters. The molecule has 0 saturated carbocycles. The van der Waals surface area contributed by atoms with Crippen LogP contribution in [0.3, 0.4) is 0 Å². The Bertz CT molecular complexity index is 1430. The van der Waals surface area contributed by atoms with Gasteiger partial charge in [-0.05, 0) is 65.4 Å². The van der Waals surface area contributed by atoms with Gasteiger partial charge in [0, 0.05) is 5.69 Å². The van der Waals surface area contributed by atoms with Crippen molar-refractivity contribution in [3.63, 3.8) is 0 Å². The van der Waals surface area contributed by atoms with Crippen LogP contribution in [0, 0.1) is 6.92 Å². The van der Waals surface area contributed by atoms with Gasteiger partial charge < -0.3 is 9.84 Å². The number of carbonyl (C=O) groups excluding carboxylic acids is 2. The third kappa shape index (κ3) is 4.78. The zero-order valence-electron chi connectivity index (χ0n) is 21.7. The van der Waals surface area contributed by atoms with Crippen LogP contribution in [-0.2, 0) is 21.2 Å². The van der Waals surface area contributed by atoms with E-state index in [0.29, 0.717) is 11.3 Å². The molecular formula is C30H28F3NO4.